The van der Waals surface area contributed by atoms with Crippen LogP contribution in [0.2, 0.25) is 0 Å². The van der Waals surface area contributed by atoms with Crippen LogP contribution < -0.4 is 10.1 Å². The smallest absolute Gasteiger partial charge is 0.123 e. The lowest BCUT2D eigenvalue weighted by Crippen LogP contribution is -2.33. The van der Waals surface area contributed by atoms with Gasteiger partial charge in [-0.05, 0) is 37.6 Å². The Labute approximate surface area is 123 Å². The van der Waals surface area contributed by atoms with Crippen LogP contribution in [0.3, 0.4) is 0 Å². The molecule has 0 saturated carbocycles. The Morgan fingerprint density at radius 1 is 1.53 bits per heavy atom. The second kappa shape index (κ2) is 7.27. The number of methoxy groups -OCH3 is 1. The van der Waals surface area contributed by atoms with Gasteiger partial charge in [-0.25, -0.2) is 0 Å². The number of benzene rings is 1. The van der Waals surface area contributed by atoms with Crippen molar-refractivity contribution in [1.29, 1.82) is 0 Å². The fourth-order valence-electron chi connectivity index (χ4n) is 2.73. The molecule has 1 fully saturated rings. The Morgan fingerprint density at radius 2 is 2.37 bits per heavy atom. The quantitative estimate of drug-likeness (QED) is 0.897. The van der Waals surface area contributed by atoms with Gasteiger partial charge in [-0.1, -0.05) is 22.9 Å². The van der Waals surface area contributed by atoms with Crippen LogP contribution in [-0.4, -0.2) is 26.9 Å². The molecule has 1 saturated heterocycles. The second-order valence-corrected chi connectivity index (χ2v) is 5.81. The lowest BCUT2D eigenvalue weighted by atomic mass is 9.88. The largest absolute Gasteiger partial charge is 0.496 e. The van der Waals surface area contributed by atoms with Crippen LogP contribution in [0.15, 0.2) is 22.7 Å². The van der Waals surface area contributed by atoms with Gasteiger partial charge >= 0.3 is 0 Å². The fourth-order valence-corrected chi connectivity index (χ4v) is 3.11. The van der Waals surface area contributed by atoms with Crippen molar-refractivity contribution in [1.82, 2.24) is 5.32 Å². The molecule has 2 atom stereocenters. The summed E-state index contributed by atoms with van der Waals surface area (Å²) < 4.78 is 12.2. The van der Waals surface area contributed by atoms with Gasteiger partial charge in [0.05, 0.1) is 13.7 Å². The van der Waals surface area contributed by atoms with Crippen LogP contribution in [0, 0.1) is 5.92 Å². The van der Waals surface area contributed by atoms with E-state index in [0.717, 1.165) is 36.4 Å². The summed E-state index contributed by atoms with van der Waals surface area (Å²) in [6.45, 7) is 4.80. The van der Waals surface area contributed by atoms with E-state index in [-0.39, 0.29) is 6.04 Å². The normalized spacial score (nSPS) is 21.1. The lowest BCUT2D eigenvalue weighted by molar-refractivity contribution is 0.0389. The Hall–Kier alpha value is -0.580. The minimum absolute atomic E-state index is 0.290. The highest BCUT2D eigenvalue weighted by atomic mass is 79.9. The van der Waals surface area contributed by atoms with E-state index >= 15 is 0 Å². The molecule has 1 heterocycles. The first-order valence-corrected chi connectivity index (χ1v) is 7.70. The van der Waals surface area contributed by atoms with Crippen molar-refractivity contribution in [3.8, 4) is 5.75 Å². The Kier molecular flexibility index (Phi) is 5.67. The molecule has 0 bridgehead atoms. The molecule has 19 heavy (non-hydrogen) atoms. The van der Waals surface area contributed by atoms with Crippen LogP contribution in [0.25, 0.3) is 0 Å². The number of rotatable bonds is 5. The maximum atomic E-state index is 5.64. The number of hydrogen-bond donors (Lipinski definition) is 1. The van der Waals surface area contributed by atoms with Crippen molar-refractivity contribution in [2.24, 2.45) is 5.92 Å². The molecule has 3 nitrogen and oxygen atoms in total. The van der Waals surface area contributed by atoms with E-state index in [9.17, 15) is 0 Å². The zero-order valence-electron chi connectivity index (χ0n) is 11.6. The van der Waals surface area contributed by atoms with Crippen molar-refractivity contribution < 1.29 is 9.47 Å². The first-order valence-electron chi connectivity index (χ1n) is 6.90. The van der Waals surface area contributed by atoms with E-state index in [2.05, 4.69) is 34.2 Å². The average Bonchev–Trinajstić information content (AvgIpc) is 2.45. The van der Waals surface area contributed by atoms with Gasteiger partial charge < -0.3 is 14.8 Å². The molecule has 4 heteroatoms. The number of halogens is 1. The number of ether oxygens (including phenoxy) is 2. The molecule has 2 rings (SSSR count). The third-order valence-electron chi connectivity index (χ3n) is 3.62. The topological polar surface area (TPSA) is 30.5 Å². The van der Waals surface area contributed by atoms with Gasteiger partial charge in [-0.2, -0.15) is 0 Å². The number of hydrogen-bond acceptors (Lipinski definition) is 3. The molecular weight excluding hydrogens is 306 g/mol. The van der Waals surface area contributed by atoms with E-state index in [1.54, 1.807) is 7.11 Å². The van der Waals surface area contributed by atoms with E-state index in [1.807, 2.05) is 12.1 Å². The van der Waals surface area contributed by atoms with E-state index in [0.29, 0.717) is 5.92 Å². The van der Waals surface area contributed by atoms with Crippen LogP contribution in [0.1, 0.15) is 31.4 Å². The maximum Gasteiger partial charge on any atom is 0.123 e. The van der Waals surface area contributed by atoms with Crippen molar-refractivity contribution >= 4 is 15.9 Å². The van der Waals surface area contributed by atoms with Gasteiger partial charge in [0.2, 0.25) is 0 Å². The fraction of sp³-hybridized carbons (Fsp3) is 0.600. The standard InChI is InChI=1S/C15H22BrNO2/c1-3-17-15(11-5-4-8-19-10-11)13-9-12(16)6-7-14(13)18-2/h6-7,9,11,15,17H,3-5,8,10H2,1-2H3. The number of nitrogens with one attached hydrogen (secondary N) is 1. The van der Waals surface area contributed by atoms with Crippen molar-refractivity contribution in [2.45, 2.75) is 25.8 Å². The first kappa shape index (κ1) is 14.8. The highest BCUT2D eigenvalue weighted by Gasteiger charge is 2.27. The van der Waals surface area contributed by atoms with E-state index in [1.165, 1.54) is 12.0 Å². The predicted molar refractivity (Wildman–Crippen MR) is 80.7 cm³/mol. The summed E-state index contributed by atoms with van der Waals surface area (Å²) >= 11 is 3.55. The second-order valence-electron chi connectivity index (χ2n) is 4.90. The molecule has 1 N–H and O–H groups in total. The molecule has 0 radical (unpaired) electrons. The van der Waals surface area contributed by atoms with Crippen LogP contribution in [-0.2, 0) is 4.74 Å². The Balaban J connectivity index is 2.28. The SMILES string of the molecule is CCNC(c1cc(Br)ccc1OC)C1CCCOC1. The van der Waals surface area contributed by atoms with Gasteiger partial charge in [0.1, 0.15) is 5.75 Å². The van der Waals surface area contributed by atoms with Gasteiger partial charge in [0.15, 0.2) is 0 Å². The molecular formula is C15H22BrNO2. The van der Waals surface area contributed by atoms with Gasteiger partial charge in [0.25, 0.3) is 0 Å². The predicted octanol–water partition coefficient (Wildman–Crippen LogP) is 3.53. The summed E-state index contributed by atoms with van der Waals surface area (Å²) in [6, 6.07) is 6.48. The molecule has 1 aromatic rings. The van der Waals surface area contributed by atoms with Crippen LogP contribution in [0.5, 0.6) is 5.75 Å². The summed E-state index contributed by atoms with van der Waals surface area (Å²) in [5, 5.41) is 3.59. The van der Waals surface area contributed by atoms with Crippen molar-refractivity contribution in [3.05, 3.63) is 28.2 Å². The highest BCUT2D eigenvalue weighted by molar-refractivity contribution is 9.10. The molecule has 0 spiro atoms. The van der Waals surface area contributed by atoms with E-state index < -0.39 is 0 Å². The summed E-state index contributed by atoms with van der Waals surface area (Å²) in [5.74, 6) is 1.46. The molecule has 0 amide bonds. The zero-order chi connectivity index (χ0) is 13.7. The Bertz CT molecular complexity index is 405. The minimum Gasteiger partial charge on any atom is -0.496 e. The van der Waals surface area contributed by atoms with Gasteiger partial charge in [-0.15, -0.1) is 0 Å². The monoisotopic (exact) mass is 327 g/mol. The molecule has 0 aliphatic carbocycles. The first-order chi connectivity index (χ1) is 9.26. The summed E-state index contributed by atoms with van der Waals surface area (Å²) in [7, 11) is 1.73. The molecule has 106 valence electrons. The van der Waals surface area contributed by atoms with Gasteiger partial charge in [0, 0.05) is 28.6 Å². The van der Waals surface area contributed by atoms with Crippen molar-refractivity contribution in [3.63, 3.8) is 0 Å². The average molecular weight is 328 g/mol. The third kappa shape index (κ3) is 3.71. The van der Waals surface area contributed by atoms with E-state index in [4.69, 9.17) is 9.47 Å². The summed E-state index contributed by atoms with van der Waals surface area (Å²) in [5.41, 5.74) is 1.22. The lowest BCUT2D eigenvalue weighted by Gasteiger charge is -2.32. The Morgan fingerprint density at radius 3 is 3.00 bits per heavy atom. The molecule has 1 aliphatic heterocycles. The van der Waals surface area contributed by atoms with Crippen LogP contribution in [0.4, 0.5) is 0 Å². The molecule has 1 aromatic carbocycles. The third-order valence-corrected chi connectivity index (χ3v) is 4.11. The van der Waals surface area contributed by atoms with Gasteiger partial charge in [-0.3, -0.25) is 0 Å². The molecule has 0 aromatic heterocycles. The van der Waals surface area contributed by atoms with Crippen molar-refractivity contribution in [2.75, 3.05) is 26.9 Å². The zero-order valence-corrected chi connectivity index (χ0v) is 13.2. The minimum atomic E-state index is 0.290. The summed E-state index contributed by atoms with van der Waals surface area (Å²) in [4.78, 5) is 0. The van der Waals surface area contributed by atoms with Crippen LogP contribution >= 0.6 is 15.9 Å². The highest BCUT2D eigenvalue weighted by Crippen LogP contribution is 2.35. The molecule has 1 aliphatic rings. The summed E-state index contributed by atoms with van der Waals surface area (Å²) in [6.07, 6.45) is 2.34. The molecule has 2 unspecified atom stereocenters. The maximum absolute atomic E-state index is 5.64.